The smallest absolute Gasteiger partial charge is 0.337 e. The highest BCUT2D eigenvalue weighted by Crippen LogP contribution is 2.32. The predicted octanol–water partition coefficient (Wildman–Crippen LogP) is 2.16. The molecule has 1 aliphatic rings. The van der Waals surface area contributed by atoms with Gasteiger partial charge >= 0.3 is 5.97 Å². The Morgan fingerprint density at radius 3 is 2.71 bits per heavy atom. The summed E-state index contributed by atoms with van der Waals surface area (Å²) >= 11 is 0. The number of amides is 1. The number of carbonyl (C=O) groups excluding carboxylic acids is 1. The molecular formula is C17H17N3O4. The second kappa shape index (κ2) is 6.66. The predicted molar refractivity (Wildman–Crippen MR) is 85.0 cm³/mol. The Kier molecular flexibility index (Phi) is 4.41. The molecule has 0 aliphatic carbocycles. The normalized spacial score (nSPS) is 16.9. The van der Waals surface area contributed by atoms with Gasteiger partial charge in [0, 0.05) is 18.9 Å². The van der Waals surface area contributed by atoms with E-state index in [4.69, 9.17) is 9.84 Å². The highest BCUT2D eigenvalue weighted by atomic mass is 16.5. The maximum absolute atomic E-state index is 12.8. The van der Waals surface area contributed by atoms with Crippen molar-refractivity contribution in [3.05, 3.63) is 53.6 Å². The van der Waals surface area contributed by atoms with E-state index in [1.807, 2.05) is 12.1 Å². The Morgan fingerprint density at radius 1 is 1.25 bits per heavy atom. The zero-order valence-corrected chi connectivity index (χ0v) is 13.2. The van der Waals surface area contributed by atoms with Gasteiger partial charge < -0.3 is 14.7 Å². The lowest BCUT2D eigenvalue weighted by atomic mass is 10.1. The Labute approximate surface area is 138 Å². The van der Waals surface area contributed by atoms with E-state index in [1.54, 1.807) is 18.2 Å². The van der Waals surface area contributed by atoms with Crippen LogP contribution in [0.5, 0.6) is 5.75 Å². The van der Waals surface area contributed by atoms with Crippen LogP contribution >= 0.6 is 0 Å². The third kappa shape index (κ3) is 3.05. The number of hydrogen-bond donors (Lipinski definition) is 1. The molecule has 1 aliphatic heterocycles. The molecule has 0 bridgehead atoms. The van der Waals surface area contributed by atoms with Crippen LogP contribution in [0.1, 0.15) is 45.3 Å². The molecule has 2 aromatic rings. The molecule has 1 amide bonds. The van der Waals surface area contributed by atoms with Gasteiger partial charge in [0.2, 0.25) is 0 Å². The van der Waals surface area contributed by atoms with E-state index in [1.165, 1.54) is 18.5 Å². The number of carboxylic acid groups (broad SMARTS) is 1. The van der Waals surface area contributed by atoms with Gasteiger partial charge in [-0.15, -0.1) is 0 Å². The molecule has 1 N–H and O–H groups in total. The first-order valence-electron chi connectivity index (χ1n) is 7.59. The number of likely N-dealkylation sites (tertiary alicyclic amines) is 1. The van der Waals surface area contributed by atoms with E-state index in [2.05, 4.69) is 9.97 Å². The fourth-order valence-corrected chi connectivity index (χ4v) is 2.87. The molecular weight excluding hydrogens is 310 g/mol. The lowest BCUT2D eigenvalue weighted by molar-refractivity contribution is 0.0696. The van der Waals surface area contributed by atoms with Gasteiger partial charge in [-0.05, 0) is 31.0 Å². The van der Waals surface area contributed by atoms with E-state index in [0.29, 0.717) is 12.3 Å². The van der Waals surface area contributed by atoms with Crippen molar-refractivity contribution in [2.24, 2.45) is 0 Å². The van der Waals surface area contributed by atoms with Crippen LogP contribution in [0.25, 0.3) is 0 Å². The van der Waals surface area contributed by atoms with Crippen molar-refractivity contribution in [1.82, 2.24) is 14.9 Å². The first kappa shape index (κ1) is 15.9. The van der Waals surface area contributed by atoms with E-state index in [0.717, 1.165) is 18.5 Å². The number of aromatic nitrogens is 2. The summed E-state index contributed by atoms with van der Waals surface area (Å²) in [5.74, 6) is -0.675. The molecule has 2 aromatic heterocycles. The highest BCUT2D eigenvalue weighted by molar-refractivity contribution is 5.97. The van der Waals surface area contributed by atoms with Gasteiger partial charge in [-0.25, -0.2) is 4.79 Å². The lowest BCUT2D eigenvalue weighted by Crippen LogP contribution is -2.31. The number of carboxylic acids is 1. The quantitative estimate of drug-likeness (QED) is 0.925. The molecule has 1 unspecified atom stereocenters. The van der Waals surface area contributed by atoms with Crippen molar-refractivity contribution < 1.29 is 19.4 Å². The SMILES string of the molecule is COc1ccc(C2CCCN2C(=O)c2cncc(C(=O)O)c2)nc1. The van der Waals surface area contributed by atoms with Crippen LogP contribution < -0.4 is 4.74 Å². The van der Waals surface area contributed by atoms with E-state index in [-0.39, 0.29) is 23.1 Å². The minimum atomic E-state index is -1.10. The van der Waals surface area contributed by atoms with Gasteiger partial charge in [-0.1, -0.05) is 0 Å². The number of rotatable bonds is 4. The average Bonchev–Trinajstić information content (AvgIpc) is 3.11. The zero-order chi connectivity index (χ0) is 17.1. The van der Waals surface area contributed by atoms with Crippen LogP contribution in [0.4, 0.5) is 0 Å². The van der Waals surface area contributed by atoms with Gasteiger partial charge in [-0.2, -0.15) is 0 Å². The minimum absolute atomic E-state index is 0.000769. The van der Waals surface area contributed by atoms with Crippen molar-refractivity contribution in [2.75, 3.05) is 13.7 Å². The van der Waals surface area contributed by atoms with Gasteiger partial charge in [0.25, 0.3) is 5.91 Å². The minimum Gasteiger partial charge on any atom is -0.495 e. The number of nitrogens with zero attached hydrogens (tertiary/aromatic N) is 3. The Hall–Kier alpha value is -2.96. The number of pyridine rings is 2. The largest absolute Gasteiger partial charge is 0.495 e. The maximum atomic E-state index is 12.8. The van der Waals surface area contributed by atoms with Gasteiger partial charge in [0.15, 0.2) is 0 Å². The van der Waals surface area contributed by atoms with Crippen LogP contribution in [0, 0.1) is 0 Å². The fraction of sp³-hybridized carbons (Fsp3) is 0.294. The molecule has 0 spiro atoms. The molecule has 3 heterocycles. The standard InChI is InChI=1S/C17H17N3O4/c1-24-13-4-5-14(19-10-13)15-3-2-6-20(15)16(21)11-7-12(17(22)23)9-18-8-11/h4-5,7-10,15H,2-3,6H2,1H3,(H,22,23). The summed E-state index contributed by atoms with van der Waals surface area (Å²) in [5.41, 5.74) is 1.07. The van der Waals surface area contributed by atoms with Crippen molar-refractivity contribution >= 4 is 11.9 Å². The summed E-state index contributed by atoms with van der Waals surface area (Å²) in [6.45, 7) is 0.606. The Bertz CT molecular complexity index is 761. The molecule has 0 saturated carbocycles. The van der Waals surface area contributed by atoms with E-state index >= 15 is 0 Å². The van der Waals surface area contributed by atoms with Gasteiger partial charge in [0.05, 0.1) is 36.2 Å². The molecule has 124 valence electrons. The number of ether oxygens (including phenoxy) is 1. The van der Waals surface area contributed by atoms with Crippen LogP contribution in [0.3, 0.4) is 0 Å². The van der Waals surface area contributed by atoms with Crippen molar-refractivity contribution in [2.45, 2.75) is 18.9 Å². The maximum Gasteiger partial charge on any atom is 0.337 e. The summed E-state index contributed by atoms with van der Waals surface area (Å²) in [4.78, 5) is 33.8. The first-order chi connectivity index (χ1) is 11.6. The first-order valence-corrected chi connectivity index (χ1v) is 7.59. The molecule has 0 aromatic carbocycles. The zero-order valence-electron chi connectivity index (χ0n) is 13.2. The van der Waals surface area contributed by atoms with Gasteiger partial charge in [-0.3, -0.25) is 14.8 Å². The summed E-state index contributed by atoms with van der Waals surface area (Å²) in [6, 6.07) is 4.89. The Balaban J connectivity index is 1.85. The Morgan fingerprint density at radius 2 is 2.04 bits per heavy atom. The fourth-order valence-electron chi connectivity index (χ4n) is 2.87. The molecule has 1 saturated heterocycles. The number of methoxy groups -OCH3 is 1. The van der Waals surface area contributed by atoms with E-state index in [9.17, 15) is 9.59 Å². The van der Waals surface area contributed by atoms with E-state index < -0.39 is 5.97 Å². The van der Waals surface area contributed by atoms with Gasteiger partial charge in [0.1, 0.15) is 5.75 Å². The summed E-state index contributed by atoms with van der Waals surface area (Å²) in [5, 5.41) is 9.05. The summed E-state index contributed by atoms with van der Waals surface area (Å²) in [7, 11) is 1.57. The van der Waals surface area contributed by atoms with Crippen molar-refractivity contribution in [1.29, 1.82) is 0 Å². The second-order valence-electron chi connectivity index (χ2n) is 5.55. The number of aromatic carboxylic acids is 1. The molecule has 7 nitrogen and oxygen atoms in total. The molecule has 3 rings (SSSR count). The second-order valence-corrected chi connectivity index (χ2v) is 5.55. The average molecular weight is 327 g/mol. The molecule has 7 heteroatoms. The van der Waals surface area contributed by atoms with Crippen LogP contribution in [-0.4, -0.2) is 45.5 Å². The topological polar surface area (TPSA) is 92.6 Å². The summed E-state index contributed by atoms with van der Waals surface area (Å²) < 4.78 is 5.10. The number of carbonyl (C=O) groups is 2. The molecule has 0 radical (unpaired) electrons. The third-order valence-corrected chi connectivity index (χ3v) is 4.08. The van der Waals surface area contributed by atoms with Crippen LogP contribution in [0.2, 0.25) is 0 Å². The third-order valence-electron chi connectivity index (χ3n) is 4.08. The molecule has 1 atom stereocenters. The molecule has 24 heavy (non-hydrogen) atoms. The highest BCUT2D eigenvalue weighted by Gasteiger charge is 2.31. The lowest BCUT2D eigenvalue weighted by Gasteiger charge is -2.24. The van der Waals surface area contributed by atoms with Crippen LogP contribution in [0.15, 0.2) is 36.8 Å². The van der Waals surface area contributed by atoms with Crippen molar-refractivity contribution in [3.8, 4) is 5.75 Å². The van der Waals surface area contributed by atoms with Crippen LogP contribution in [-0.2, 0) is 0 Å². The molecule has 1 fully saturated rings. The van der Waals surface area contributed by atoms with Crippen molar-refractivity contribution in [3.63, 3.8) is 0 Å². The summed E-state index contributed by atoms with van der Waals surface area (Å²) in [6.07, 6.45) is 5.94. The number of hydrogen-bond acceptors (Lipinski definition) is 5. The monoisotopic (exact) mass is 327 g/mol.